The number of aliphatic carboxylic acids is 1. The lowest BCUT2D eigenvalue weighted by Gasteiger charge is -2.22. The number of urea groups is 1. The summed E-state index contributed by atoms with van der Waals surface area (Å²) in [5.41, 5.74) is 1.15. The smallest absolute Gasteiger partial charge is 0.318 e. The highest BCUT2D eigenvalue weighted by molar-refractivity contribution is 8.00. The largest absolute Gasteiger partial charge is 0.481 e. The molecule has 23 heavy (non-hydrogen) atoms. The SMILES string of the molecule is O=C(O)CCCCC1SC[C@H]2[C@@H]1NC(=O)N2Cc1ccccc1. The van der Waals surface area contributed by atoms with Gasteiger partial charge in [0.1, 0.15) is 0 Å². The summed E-state index contributed by atoms with van der Waals surface area (Å²) in [4.78, 5) is 24.8. The first-order valence-corrected chi connectivity index (χ1v) is 9.14. The van der Waals surface area contributed by atoms with Crippen molar-refractivity contribution in [1.29, 1.82) is 0 Å². The summed E-state index contributed by atoms with van der Waals surface area (Å²) >= 11 is 1.91. The predicted octanol–water partition coefficient (Wildman–Crippen LogP) is 2.71. The summed E-state index contributed by atoms with van der Waals surface area (Å²) in [6, 6.07) is 10.5. The van der Waals surface area contributed by atoms with E-state index in [9.17, 15) is 9.59 Å². The number of hydrogen-bond acceptors (Lipinski definition) is 3. The maximum Gasteiger partial charge on any atom is 0.318 e. The van der Waals surface area contributed by atoms with Crippen LogP contribution in [0.15, 0.2) is 30.3 Å². The van der Waals surface area contributed by atoms with Gasteiger partial charge in [0.15, 0.2) is 0 Å². The van der Waals surface area contributed by atoms with Crippen molar-refractivity contribution >= 4 is 23.8 Å². The number of carbonyl (C=O) groups is 2. The average molecular weight is 334 g/mol. The van der Waals surface area contributed by atoms with Crippen molar-refractivity contribution in [2.24, 2.45) is 0 Å². The Bertz CT molecular complexity index is 566. The molecule has 1 unspecified atom stereocenters. The number of carboxylic acids is 1. The third-order valence-electron chi connectivity index (χ3n) is 4.57. The minimum absolute atomic E-state index is 0.0275. The Labute approximate surface area is 140 Å². The number of carbonyl (C=O) groups excluding carboxylic acids is 1. The van der Waals surface area contributed by atoms with Gasteiger partial charge in [0.25, 0.3) is 0 Å². The number of unbranched alkanes of at least 4 members (excludes halogenated alkanes) is 1. The van der Waals surface area contributed by atoms with Crippen LogP contribution in [0.3, 0.4) is 0 Å². The minimum atomic E-state index is -0.731. The van der Waals surface area contributed by atoms with E-state index in [1.54, 1.807) is 0 Å². The molecule has 0 bridgehead atoms. The third kappa shape index (κ3) is 3.80. The van der Waals surface area contributed by atoms with Gasteiger partial charge in [-0.2, -0.15) is 11.8 Å². The lowest BCUT2D eigenvalue weighted by molar-refractivity contribution is -0.137. The van der Waals surface area contributed by atoms with E-state index in [1.165, 1.54) is 0 Å². The molecule has 3 atom stereocenters. The van der Waals surface area contributed by atoms with Crippen LogP contribution in [0.25, 0.3) is 0 Å². The maximum absolute atomic E-state index is 12.3. The Morgan fingerprint density at radius 3 is 2.83 bits per heavy atom. The summed E-state index contributed by atoms with van der Waals surface area (Å²) in [6.45, 7) is 0.653. The minimum Gasteiger partial charge on any atom is -0.481 e. The molecule has 2 aliphatic heterocycles. The highest BCUT2D eigenvalue weighted by Gasteiger charge is 2.47. The Morgan fingerprint density at radius 2 is 2.09 bits per heavy atom. The van der Waals surface area contributed by atoms with Gasteiger partial charge in [-0.1, -0.05) is 36.8 Å². The number of nitrogens with zero attached hydrogens (tertiary/aromatic N) is 1. The van der Waals surface area contributed by atoms with Gasteiger partial charge in [0.2, 0.25) is 0 Å². The van der Waals surface area contributed by atoms with Gasteiger partial charge in [-0.3, -0.25) is 4.79 Å². The van der Waals surface area contributed by atoms with Crippen LogP contribution in [0.1, 0.15) is 31.2 Å². The van der Waals surface area contributed by atoms with E-state index in [0.29, 0.717) is 18.2 Å². The maximum atomic E-state index is 12.3. The zero-order valence-corrected chi connectivity index (χ0v) is 13.8. The fourth-order valence-corrected chi connectivity index (χ4v) is 5.00. The Balaban J connectivity index is 1.55. The Kier molecular flexibility index (Phi) is 5.10. The van der Waals surface area contributed by atoms with Crippen molar-refractivity contribution in [2.45, 2.75) is 49.6 Å². The number of carboxylic acid groups (broad SMARTS) is 1. The lowest BCUT2D eigenvalue weighted by atomic mass is 10.0. The van der Waals surface area contributed by atoms with Crippen LogP contribution in [0.2, 0.25) is 0 Å². The zero-order valence-electron chi connectivity index (χ0n) is 13.0. The van der Waals surface area contributed by atoms with Crippen molar-refractivity contribution < 1.29 is 14.7 Å². The van der Waals surface area contributed by atoms with E-state index in [4.69, 9.17) is 5.11 Å². The number of fused-ring (bicyclic) bond motifs is 1. The van der Waals surface area contributed by atoms with E-state index >= 15 is 0 Å². The van der Waals surface area contributed by atoms with Crippen molar-refractivity contribution in [3.63, 3.8) is 0 Å². The molecule has 5 nitrogen and oxygen atoms in total. The van der Waals surface area contributed by atoms with E-state index in [2.05, 4.69) is 5.32 Å². The lowest BCUT2D eigenvalue weighted by Crippen LogP contribution is -2.37. The van der Waals surface area contributed by atoms with E-state index in [1.807, 2.05) is 47.0 Å². The quantitative estimate of drug-likeness (QED) is 0.594. The highest BCUT2D eigenvalue weighted by Crippen LogP contribution is 2.37. The highest BCUT2D eigenvalue weighted by atomic mass is 32.2. The first-order valence-electron chi connectivity index (χ1n) is 8.09. The predicted molar refractivity (Wildman–Crippen MR) is 90.4 cm³/mol. The second-order valence-corrected chi connectivity index (χ2v) is 7.44. The number of hydrogen-bond donors (Lipinski definition) is 2. The van der Waals surface area contributed by atoms with Crippen LogP contribution < -0.4 is 5.32 Å². The molecular weight excluding hydrogens is 312 g/mol. The van der Waals surface area contributed by atoms with Crippen molar-refractivity contribution in [3.8, 4) is 0 Å². The second kappa shape index (κ2) is 7.25. The van der Waals surface area contributed by atoms with Gasteiger partial charge in [-0.05, 0) is 18.4 Å². The Hall–Kier alpha value is -1.69. The Morgan fingerprint density at radius 1 is 1.30 bits per heavy atom. The molecule has 3 rings (SSSR count). The average Bonchev–Trinajstić information content (AvgIpc) is 3.05. The zero-order chi connectivity index (χ0) is 16.2. The topological polar surface area (TPSA) is 69.6 Å². The van der Waals surface area contributed by atoms with Gasteiger partial charge in [-0.25, -0.2) is 4.79 Å². The van der Waals surface area contributed by atoms with Crippen molar-refractivity contribution in [2.75, 3.05) is 5.75 Å². The summed E-state index contributed by atoms with van der Waals surface area (Å²) < 4.78 is 0. The second-order valence-electron chi connectivity index (χ2n) is 6.17. The molecule has 2 aliphatic rings. The molecule has 2 N–H and O–H groups in total. The van der Waals surface area contributed by atoms with Crippen LogP contribution in [-0.2, 0) is 11.3 Å². The first-order chi connectivity index (χ1) is 11.1. The van der Waals surface area contributed by atoms with Gasteiger partial charge < -0.3 is 15.3 Å². The van der Waals surface area contributed by atoms with Gasteiger partial charge in [-0.15, -0.1) is 0 Å². The summed E-state index contributed by atoms with van der Waals surface area (Å²) in [7, 11) is 0. The molecule has 2 saturated heterocycles. The summed E-state index contributed by atoms with van der Waals surface area (Å²) in [6.07, 6.45) is 2.82. The van der Waals surface area contributed by atoms with E-state index in [-0.39, 0.29) is 24.5 Å². The van der Waals surface area contributed by atoms with Crippen LogP contribution in [-0.4, -0.2) is 45.1 Å². The molecule has 124 valence electrons. The van der Waals surface area contributed by atoms with Crippen LogP contribution in [0, 0.1) is 0 Å². The molecule has 2 amide bonds. The molecule has 0 radical (unpaired) electrons. The van der Waals surface area contributed by atoms with Gasteiger partial charge in [0.05, 0.1) is 12.1 Å². The molecule has 0 aromatic heterocycles. The van der Waals surface area contributed by atoms with Gasteiger partial charge >= 0.3 is 12.0 Å². The van der Waals surface area contributed by atoms with Gasteiger partial charge in [0, 0.05) is 24.0 Å². The van der Waals surface area contributed by atoms with Crippen LogP contribution >= 0.6 is 11.8 Å². The third-order valence-corrected chi connectivity index (χ3v) is 6.06. The van der Waals surface area contributed by atoms with Crippen LogP contribution in [0.4, 0.5) is 4.79 Å². The molecule has 0 saturated carbocycles. The van der Waals surface area contributed by atoms with E-state index < -0.39 is 5.97 Å². The normalized spacial score (nSPS) is 26.2. The summed E-state index contributed by atoms with van der Waals surface area (Å²) in [5.74, 6) is 0.227. The summed E-state index contributed by atoms with van der Waals surface area (Å²) in [5, 5.41) is 12.2. The van der Waals surface area contributed by atoms with Crippen molar-refractivity contribution in [1.82, 2.24) is 10.2 Å². The molecule has 2 fully saturated rings. The van der Waals surface area contributed by atoms with Crippen LogP contribution in [0.5, 0.6) is 0 Å². The van der Waals surface area contributed by atoms with Crippen molar-refractivity contribution in [3.05, 3.63) is 35.9 Å². The fraction of sp³-hybridized carbons (Fsp3) is 0.529. The standard InChI is InChI=1S/C17H22N2O3S/c20-15(21)9-5-4-8-14-16-13(11-23-14)19(17(22)18-16)10-12-6-2-1-3-7-12/h1-3,6-7,13-14,16H,4-5,8-11H2,(H,18,22)(H,20,21)/t13-,14?,16-/m0/s1. The monoisotopic (exact) mass is 334 g/mol. The number of thioether (sulfide) groups is 1. The van der Waals surface area contributed by atoms with E-state index in [0.717, 1.165) is 24.2 Å². The number of benzene rings is 1. The molecule has 1 aromatic rings. The molecular formula is C17H22N2O3S. The number of rotatable bonds is 7. The fourth-order valence-electron chi connectivity index (χ4n) is 3.38. The molecule has 6 heteroatoms. The molecule has 2 heterocycles. The first kappa shape index (κ1) is 16.2. The number of amides is 2. The molecule has 0 aliphatic carbocycles. The number of nitrogens with one attached hydrogen (secondary N) is 1. The molecule has 0 spiro atoms. The molecule has 1 aromatic carbocycles.